The summed E-state index contributed by atoms with van der Waals surface area (Å²) < 4.78 is 5.48. The number of benzene rings is 2. The number of carbonyl (C=O) groups excluding carboxylic acids is 3. The SMILES string of the molecule is COc1ccc([C@H]2CC[C@H](CN(c3cccc(-c4cnc(C5CC5)s4)c3)C(=O)[C@H]3CC[C@H](NC(=O)CNC(C)=O)CC3)CC2)cc1C. The van der Waals surface area contributed by atoms with Crippen molar-refractivity contribution in [3.63, 3.8) is 0 Å². The largest absolute Gasteiger partial charge is 0.496 e. The van der Waals surface area contributed by atoms with Crippen molar-refractivity contribution in [2.75, 3.05) is 25.1 Å². The highest BCUT2D eigenvalue weighted by Gasteiger charge is 2.33. The van der Waals surface area contributed by atoms with Crippen LogP contribution in [0.25, 0.3) is 10.4 Å². The topological polar surface area (TPSA) is 101 Å². The van der Waals surface area contributed by atoms with Crippen LogP contribution in [-0.2, 0) is 14.4 Å². The van der Waals surface area contributed by atoms with Crippen LogP contribution in [0.1, 0.15) is 99.1 Å². The average Bonchev–Trinajstić information content (AvgIpc) is 3.82. The van der Waals surface area contributed by atoms with Gasteiger partial charge in [-0.15, -0.1) is 11.3 Å². The number of ether oxygens (including phenoxy) is 1. The van der Waals surface area contributed by atoms with E-state index >= 15 is 0 Å². The molecule has 3 fully saturated rings. The van der Waals surface area contributed by atoms with Gasteiger partial charge in [-0.1, -0.05) is 24.3 Å². The molecule has 2 aromatic carbocycles. The van der Waals surface area contributed by atoms with Crippen LogP contribution in [0.4, 0.5) is 5.69 Å². The first-order valence-electron chi connectivity index (χ1n) is 17.3. The zero-order valence-electron chi connectivity index (χ0n) is 27.9. The predicted octanol–water partition coefficient (Wildman–Crippen LogP) is 7.12. The van der Waals surface area contributed by atoms with Crippen molar-refractivity contribution in [2.24, 2.45) is 11.8 Å². The lowest BCUT2D eigenvalue weighted by Crippen LogP contribution is -2.46. The quantitative estimate of drug-likeness (QED) is 0.229. The number of thiazole rings is 1. The van der Waals surface area contributed by atoms with E-state index in [1.54, 1.807) is 18.4 Å². The van der Waals surface area contributed by atoms with Gasteiger partial charge in [-0.3, -0.25) is 14.4 Å². The van der Waals surface area contributed by atoms with Gasteiger partial charge in [0, 0.05) is 43.2 Å². The van der Waals surface area contributed by atoms with Crippen molar-refractivity contribution >= 4 is 34.7 Å². The van der Waals surface area contributed by atoms with Gasteiger partial charge in [-0.2, -0.15) is 0 Å². The van der Waals surface area contributed by atoms with Gasteiger partial charge in [0.15, 0.2) is 0 Å². The number of aryl methyl sites for hydroxylation is 1. The molecular weight excluding hydrogens is 609 g/mol. The maximum atomic E-state index is 14.4. The smallest absolute Gasteiger partial charge is 0.239 e. The van der Waals surface area contributed by atoms with E-state index in [0.717, 1.165) is 79.8 Å². The summed E-state index contributed by atoms with van der Waals surface area (Å²) in [5, 5.41) is 6.82. The second-order valence-corrected chi connectivity index (χ2v) is 14.9. The minimum atomic E-state index is -0.221. The van der Waals surface area contributed by atoms with Gasteiger partial charge in [0.25, 0.3) is 0 Å². The zero-order chi connectivity index (χ0) is 32.9. The summed E-state index contributed by atoms with van der Waals surface area (Å²) in [5.41, 5.74) is 4.65. The van der Waals surface area contributed by atoms with Gasteiger partial charge in [0.05, 0.1) is 23.5 Å². The normalized spacial score (nSPS) is 22.7. The van der Waals surface area contributed by atoms with Crippen LogP contribution >= 0.6 is 11.3 Å². The molecule has 0 unspecified atom stereocenters. The molecule has 9 heteroatoms. The number of hydrogen-bond donors (Lipinski definition) is 2. The van der Waals surface area contributed by atoms with Crippen LogP contribution in [0, 0.1) is 18.8 Å². The molecule has 3 aromatic rings. The Labute approximate surface area is 282 Å². The molecule has 8 nitrogen and oxygen atoms in total. The molecule has 0 atom stereocenters. The summed E-state index contributed by atoms with van der Waals surface area (Å²) in [6.45, 7) is 4.22. The van der Waals surface area contributed by atoms with E-state index in [9.17, 15) is 14.4 Å². The Morgan fingerprint density at radius 2 is 1.68 bits per heavy atom. The number of amides is 3. The number of rotatable bonds is 11. The number of anilines is 1. The first-order valence-corrected chi connectivity index (χ1v) is 18.1. The van der Waals surface area contributed by atoms with Gasteiger partial charge in [-0.05, 0) is 118 Å². The summed E-state index contributed by atoms with van der Waals surface area (Å²) in [7, 11) is 1.72. The molecule has 1 heterocycles. The monoisotopic (exact) mass is 656 g/mol. The van der Waals surface area contributed by atoms with Crippen molar-refractivity contribution < 1.29 is 19.1 Å². The van der Waals surface area contributed by atoms with Gasteiger partial charge >= 0.3 is 0 Å². The number of nitrogens with zero attached hydrogens (tertiary/aromatic N) is 2. The molecule has 2 N–H and O–H groups in total. The Morgan fingerprint density at radius 1 is 0.936 bits per heavy atom. The molecule has 3 amide bonds. The highest BCUT2D eigenvalue weighted by Crippen LogP contribution is 2.44. The lowest BCUT2D eigenvalue weighted by Gasteiger charge is -2.36. The number of aromatic nitrogens is 1. The molecule has 0 bridgehead atoms. The number of carbonyl (C=O) groups is 3. The van der Waals surface area contributed by atoms with Crippen LogP contribution in [0.2, 0.25) is 0 Å². The molecule has 0 saturated heterocycles. The highest BCUT2D eigenvalue weighted by molar-refractivity contribution is 7.15. The molecule has 250 valence electrons. The Kier molecular flexibility index (Phi) is 10.6. The van der Waals surface area contributed by atoms with E-state index in [1.807, 2.05) is 6.20 Å². The minimum Gasteiger partial charge on any atom is -0.496 e. The number of hydrogen-bond acceptors (Lipinski definition) is 6. The van der Waals surface area contributed by atoms with Crippen molar-refractivity contribution in [1.82, 2.24) is 15.6 Å². The molecular formula is C38H48N4O4S. The second kappa shape index (κ2) is 15.0. The maximum absolute atomic E-state index is 14.4. The molecule has 6 rings (SSSR count). The van der Waals surface area contributed by atoms with Crippen molar-refractivity contribution in [2.45, 2.75) is 95.9 Å². The molecule has 3 saturated carbocycles. The third kappa shape index (κ3) is 8.42. The molecule has 1 aromatic heterocycles. The Balaban J connectivity index is 1.14. The van der Waals surface area contributed by atoms with Gasteiger partial charge in [0.2, 0.25) is 17.7 Å². The van der Waals surface area contributed by atoms with Crippen LogP contribution in [-0.4, -0.2) is 48.9 Å². The van der Waals surface area contributed by atoms with Crippen molar-refractivity contribution in [3.8, 4) is 16.2 Å². The van der Waals surface area contributed by atoms with Crippen molar-refractivity contribution in [1.29, 1.82) is 0 Å². The van der Waals surface area contributed by atoms with E-state index in [4.69, 9.17) is 9.72 Å². The summed E-state index contributed by atoms with van der Waals surface area (Å²) in [5.74, 6) is 2.24. The van der Waals surface area contributed by atoms with Crippen LogP contribution in [0.5, 0.6) is 5.75 Å². The van der Waals surface area contributed by atoms with Crippen molar-refractivity contribution in [3.05, 3.63) is 64.8 Å². The molecule has 3 aliphatic rings. The third-order valence-corrected chi connectivity index (χ3v) is 11.5. The molecule has 3 aliphatic carbocycles. The van der Waals surface area contributed by atoms with E-state index < -0.39 is 0 Å². The van der Waals surface area contributed by atoms with Gasteiger partial charge in [-0.25, -0.2) is 4.98 Å². The first kappa shape index (κ1) is 33.2. The fourth-order valence-electron chi connectivity index (χ4n) is 7.37. The highest BCUT2D eigenvalue weighted by atomic mass is 32.1. The van der Waals surface area contributed by atoms with Gasteiger partial charge in [0.1, 0.15) is 5.75 Å². The molecule has 0 radical (unpaired) electrons. The summed E-state index contributed by atoms with van der Waals surface area (Å²) in [6, 6.07) is 15.1. The first-order chi connectivity index (χ1) is 22.8. The predicted molar refractivity (Wildman–Crippen MR) is 187 cm³/mol. The van der Waals surface area contributed by atoms with E-state index in [0.29, 0.717) is 17.8 Å². The van der Waals surface area contributed by atoms with E-state index in [-0.39, 0.29) is 36.2 Å². The second-order valence-electron chi connectivity index (χ2n) is 13.8. The lowest BCUT2D eigenvalue weighted by molar-refractivity contribution is -0.126. The average molecular weight is 657 g/mol. The fourth-order valence-corrected chi connectivity index (χ4v) is 8.45. The standard InChI is InChI=1S/C38H48N4O4S/c1-24-19-30(15-18-34(24)46-3)27-9-7-26(8-10-27)23-42(33-6-4-5-31(20-33)35-21-40-37(47-35)28-11-12-28)38(45)29-13-16-32(17-14-29)41-36(44)22-39-25(2)43/h4-6,15,18-21,26-29,32H,7-14,16-17,22-23H2,1-3H3,(H,39,43)(H,41,44)/t26-,27-,29-,32-. The zero-order valence-corrected chi connectivity index (χ0v) is 28.7. The fraction of sp³-hybridized carbons (Fsp3) is 0.526. The summed E-state index contributed by atoms with van der Waals surface area (Å²) in [4.78, 5) is 45.8. The molecule has 47 heavy (non-hydrogen) atoms. The third-order valence-electron chi connectivity index (χ3n) is 10.3. The number of methoxy groups -OCH3 is 1. The summed E-state index contributed by atoms with van der Waals surface area (Å²) >= 11 is 1.78. The van der Waals surface area contributed by atoms with Crippen LogP contribution in [0.15, 0.2) is 48.7 Å². The minimum absolute atomic E-state index is 0.0134. The number of nitrogens with one attached hydrogen (secondary N) is 2. The van der Waals surface area contributed by atoms with E-state index in [1.165, 1.54) is 35.9 Å². The van der Waals surface area contributed by atoms with Gasteiger partial charge < -0.3 is 20.3 Å². The van der Waals surface area contributed by atoms with Crippen LogP contribution < -0.4 is 20.3 Å². The Hall–Kier alpha value is -3.72. The Morgan fingerprint density at radius 3 is 2.36 bits per heavy atom. The van der Waals surface area contributed by atoms with E-state index in [2.05, 4.69) is 64.9 Å². The van der Waals surface area contributed by atoms with Crippen LogP contribution in [0.3, 0.4) is 0 Å². The summed E-state index contributed by atoms with van der Waals surface area (Å²) in [6.07, 6.45) is 11.9. The maximum Gasteiger partial charge on any atom is 0.239 e. The Bertz CT molecular complexity index is 1570. The lowest BCUT2D eigenvalue weighted by atomic mass is 9.78. The molecule has 0 aliphatic heterocycles. The molecule has 0 spiro atoms.